The molecule has 0 amide bonds. The maximum atomic E-state index is 11.6. The van der Waals surface area contributed by atoms with Crippen LogP contribution in [0.15, 0.2) is 12.3 Å². The zero-order valence-electron chi connectivity index (χ0n) is 11.9. The molecule has 0 aromatic carbocycles. The lowest BCUT2D eigenvalue weighted by Gasteiger charge is -2.36. The molecule has 2 aliphatic heterocycles. The van der Waals surface area contributed by atoms with E-state index < -0.39 is 5.78 Å². The van der Waals surface area contributed by atoms with Crippen LogP contribution in [0.5, 0.6) is 0 Å². The van der Waals surface area contributed by atoms with Crippen molar-refractivity contribution in [1.82, 2.24) is 14.7 Å². The van der Waals surface area contributed by atoms with Gasteiger partial charge in [0.25, 0.3) is 0 Å². The van der Waals surface area contributed by atoms with Crippen molar-refractivity contribution in [2.24, 2.45) is 0 Å². The Labute approximate surface area is 120 Å². The van der Waals surface area contributed by atoms with Gasteiger partial charge in [0.2, 0.25) is 11.6 Å². The van der Waals surface area contributed by atoms with E-state index in [-0.39, 0.29) is 11.8 Å². The van der Waals surface area contributed by atoms with Gasteiger partial charge < -0.3 is 4.90 Å². The Morgan fingerprint density at radius 3 is 2.50 bits per heavy atom. The average Bonchev–Trinajstić information content (AvgIpc) is 2.46. The fourth-order valence-corrected chi connectivity index (χ4v) is 2.56. The van der Waals surface area contributed by atoms with Gasteiger partial charge in [-0.1, -0.05) is 5.92 Å². The van der Waals surface area contributed by atoms with Gasteiger partial charge in [-0.2, -0.15) is 0 Å². The molecule has 0 radical (unpaired) electrons. The zero-order chi connectivity index (χ0) is 14.5. The maximum absolute atomic E-state index is 11.6. The number of piperazine rings is 1. The second kappa shape index (κ2) is 6.69. The molecule has 1 atom stereocenters. The molecule has 5 heteroatoms. The summed E-state index contributed by atoms with van der Waals surface area (Å²) in [6.07, 6.45) is 8.42. The van der Waals surface area contributed by atoms with Gasteiger partial charge in [-0.25, -0.2) is 0 Å². The maximum Gasteiger partial charge on any atom is 0.225 e. The molecule has 108 valence electrons. The highest BCUT2D eigenvalue weighted by molar-refractivity contribution is 6.43. The number of ketones is 2. The summed E-state index contributed by atoms with van der Waals surface area (Å²) in [6.45, 7) is 8.16. The Morgan fingerprint density at radius 2 is 1.85 bits per heavy atom. The van der Waals surface area contributed by atoms with Gasteiger partial charge in [-0.15, -0.1) is 6.42 Å². The lowest BCUT2D eigenvalue weighted by molar-refractivity contribution is -0.137. The van der Waals surface area contributed by atoms with Crippen LogP contribution in [0.3, 0.4) is 0 Å². The van der Waals surface area contributed by atoms with Crippen LogP contribution >= 0.6 is 0 Å². The minimum Gasteiger partial charge on any atom is -0.366 e. The van der Waals surface area contributed by atoms with E-state index in [1.165, 1.54) is 6.08 Å². The lowest BCUT2D eigenvalue weighted by atomic mass is 10.1. The van der Waals surface area contributed by atoms with Gasteiger partial charge >= 0.3 is 0 Å². The lowest BCUT2D eigenvalue weighted by Crippen LogP contribution is -2.50. The van der Waals surface area contributed by atoms with E-state index in [2.05, 4.69) is 15.7 Å². The predicted molar refractivity (Wildman–Crippen MR) is 77.0 cm³/mol. The molecule has 0 saturated carbocycles. The highest BCUT2D eigenvalue weighted by Gasteiger charge is 2.28. The van der Waals surface area contributed by atoms with Crippen LogP contribution in [-0.2, 0) is 9.59 Å². The van der Waals surface area contributed by atoms with E-state index in [1.807, 2.05) is 4.90 Å². The largest absolute Gasteiger partial charge is 0.366 e. The summed E-state index contributed by atoms with van der Waals surface area (Å²) in [6, 6.07) is -0.338. The molecule has 2 aliphatic rings. The van der Waals surface area contributed by atoms with Crippen LogP contribution in [-0.4, -0.2) is 78.1 Å². The SMILES string of the molecule is C#CCN1CCN(CCN2C=CC(=O)C(=O)C2C)CC1. The molecule has 0 aromatic heterocycles. The molecule has 0 aromatic rings. The van der Waals surface area contributed by atoms with Gasteiger partial charge in [0.1, 0.15) is 0 Å². The van der Waals surface area contributed by atoms with Crippen LogP contribution in [0.4, 0.5) is 0 Å². The molecule has 2 heterocycles. The van der Waals surface area contributed by atoms with Crippen molar-refractivity contribution in [3.05, 3.63) is 12.3 Å². The van der Waals surface area contributed by atoms with Crippen molar-refractivity contribution in [3.8, 4) is 12.3 Å². The molecule has 1 unspecified atom stereocenters. The third kappa shape index (κ3) is 3.47. The van der Waals surface area contributed by atoms with Gasteiger partial charge in [0.05, 0.1) is 12.6 Å². The van der Waals surface area contributed by atoms with E-state index >= 15 is 0 Å². The van der Waals surface area contributed by atoms with Crippen molar-refractivity contribution in [2.75, 3.05) is 45.8 Å². The Kier molecular flexibility index (Phi) is 4.94. The molecule has 0 N–H and O–H groups in total. The quantitative estimate of drug-likeness (QED) is 0.516. The van der Waals surface area contributed by atoms with E-state index in [4.69, 9.17) is 6.42 Å². The van der Waals surface area contributed by atoms with Crippen LogP contribution in [0.1, 0.15) is 6.92 Å². The van der Waals surface area contributed by atoms with Crippen molar-refractivity contribution in [2.45, 2.75) is 13.0 Å². The van der Waals surface area contributed by atoms with Crippen LogP contribution in [0.25, 0.3) is 0 Å². The summed E-state index contributed by atoms with van der Waals surface area (Å²) in [4.78, 5) is 29.5. The number of hydrogen-bond acceptors (Lipinski definition) is 5. The number of Topliss-reactive ketones (excluding diaryl/α,β-unsaturated/α-hetero) is 1. The van der Waals surface area contributed by atoms with E-state index in [9.17, 15) is 9.59 Å². The molecule has 0 bridgehead atoms. The number of allylic oxidation sites excluding steroid dienone is 1. The number of terminal acetylenes is 1. The number of rotatable bonds is 4. The van der Waals surface area contributed by atoms with E-state index in [0.29, 0.717) is 0 Å². The van der Waals surface area contributed by atoms with Crippen molar-refractivity contribution >= 4 is 11.6 Å². The third-order valence-electron chi connectivity index (χ3n) is 3.99. The normalized spacial score (nSPS) is 25.0. The first-order chi connectivity index (χ1) is 9.61. The Hall–Kier alpha value is -1.64. The monoisotopic (exact) mass is 275 g/mol. The molecule has 5 nitrogen and oxygen atoms in total. The van der Waals surface area contributed by atoms with Crippen LogP contribution in [0.2, 0.25) is 0 Å². The van der Waals surface area contributed by atoms with Crippen LogP contribution in [0, 0.1) is 12.3 Å². The molecular weight excluding hydrogens is 254 g/mol. The number of carbonyl (C=O) groups is 2. The first-order valence-electron chi connectivity index (χ1n) is 7.02. The molecule has 1 saturated heterocycles. The molecule has 0 aliphatic carbocycles. The summed E-state index contributed by atoms with van der Waals surface area (Å²) < 4.78 is 0. The van der Waals surface area contributed by atoms with Crippen molar-refractivity contribution in [1.29, 1.82) is 0 Å². The van der Waals surface area contributed by atoms with E-state index in [0.717, 1.165) is 45.8 Å². The summed E-state index contributed by atoms with van der Waals surface area (Å²) >= 11 is 0. The number of nitrogens with zero attached hydrogens (tertiary/aromatic N) is 3. The van der Waals surface area contributed by atoms with Crippen molar-refractivity contribution in [3.63, 3.8) is 0 Å². The highest BCUT2D eigenvalue weighted by Crippen LogP contribution is 2.09. The number of hydrogen-bond donors (Lipinski definition) is 0. The van der Waals surface area contributed by atoms with E-state index in [1.54, 1.807) is 13.1 Å². The highest BCUT2D eigenvalue weighted by atomic mass is 16.2. The third-order valence-corrected chi connectivity index (χ3v) is 3.99. The van der Waals surface area contributed by atoms with Gasteiger partial charge in [-0.3, -0.25) is 19.4 Å². The predicted octanol–water partition coefficient (Wildman–Crippen LogP) is -0.407. The Bertz CT molecular complexity index is 445. The molecular formula is C15H21N3O2. The first kappa shape index (κ1) is 14.8. The average molecular weight is 275 g/mol. The summed E-state index contributed by atoms with van der Waals surface area (Å²) in [5, 5.41) is 0. The summed E-state index contributed by atoms with van der Waals surface area (Å²) in [7, 11) is 0. The molecule has 0 spiro atoms. The summed E-state index contributed by atoms with van der Waals surface area (Å²) in [5.74, 6) is 1.97. The molecule has 2 rings (SSSR count). The first-order valence-corrected chi connectivity index (χ1v) is 7.02. The minimum absolute atomic E-state index is 0.314. The van der Waals surface area contributed by atoms with Gasteiger partial charge in [0.15, 0.2) is 0 Å². The fraction of sp³-hybridized carbons (Fsp3) is 0.600. The Balaban J connectivity index is 1.77. The minimum atomic E-state index is -0.392. The molecule has 20 heavy (non-hydrogen) atoms. The standard InChI is InChI=1S/C15H21N3O2/c1-3-5-16-7-9-17(10-8-16)11-12-18-6-4-14(19)15(20)13(18)2/h1,4,6,13H,5,7-12H2,2H3. The topological polar surface area (TPSA) is 43.9 Å². The number of carbonyl (C=O) groups excluding carboxylic acids is 2. The second-order valence-electron chi connectivity index (χ2n) is 5.28. The fourth-order valence-electron chi connectivity index (χ4n) is 2.56. The van der Waals surface area contributed by atoms with Gasteiger partial charge in [0, 0.05) is 51.5 Å². The summed E-state index contributed by atoms with van der Waals surface area (Å²) in [5.41, 5.74) is 0. The second-order valence-corrected chi connectivity index (χ2v) is 5.28. The van der Waals surface area contributed by atoms with Crippen LogP contribution < -0.4 is 0 Å². The molecule has 1 fully saturated rings. The zero-order valence-corrected chi connectivity index (χ0v) is 11.9. The van der Waals surface area contributed by atoms with Gasteiger partial charge in [-0.05, 0) is 6.92 Å². The van der Waals surface area contributed by atoms with Crippen molar-refractivity contribution < 1.29 is 9.59 Å². The Morgan fingerprint density at radius 1 is 1.20 bits per heavy atom. The smallest absolute Gasteiger partial charge is 0.225 e.